The molecule has 2 heterocycles. The van der Waals surface area contributed by atoms with E-state index in [4.69, 9.17) is 5.11 Å². The number of carboxylic acids is 1. The minimum Gasteiger partial charge on any atom is -0.478 e. The molecule has 2 aromatic rings. The quantitative estimate of drug-likeness (QED) is 0.857. The largest absolute Gasteiger partial charge is 0.478 e. The van der Waals surface area contributed by atoms with Crippen LogP contribution in [0.4, 0.5) is 0 Å². The summed E-state index contributed by atoms with van der Waals surface area (Å²) >= 11 is 1.92. The van der Waals surface area contributed by atoms with E-state index in [1.165, 1.54) is 0 Å². The number of benzene rings is 1. The molecular formula is C12H12N2O2S. The Hall–Kier alpha value is -1.49. The Balaban J connectivity index is 2.11. The van der Waals surface area contributed by atoms with Gasteiger partial charge in [-0.25, -0.2) is 9.78 Å². The van der Waals surface area contributed by atoms with Crippen LogP contribution in [-0.4, -0.2) is 32.5 Å². The van der Waals surface area contributed by atoms with Gasteiger partial charge in [0.1, 0.15) is 11.3 Å². The molecule has 1 aliphatic rings. The van der Waals surface area contributed by atoms with E-state index in [9.17, 15) is 4.79 Å². The molecule has 1 aromatic carbocycles. The fourth-order valence-electron chi connectivity index (χ4n) is 2.17. The van der Waals surface area contributed by atoms with Crippen LogP contribution in [0.2, 0.25) is 0 Å². The maximum Gasteiger partial charge on any atom is 0.337 e. The molecular weight excluding hydrogens is 236 g/mol. The molecule has 17 heavy (non-hydrogen) atoms. The fraction of sp³-hybridized carbons (Fsp3) is 0.333. The molecule has 1 fully saturated rings. The number of nitrogens with one attached hydrogen (secondary N) is 1. The smallest absolute Gasteiger partial charge is 0.337 e. The summed E-state index contributed by atoms with van der Waals surface area (Å²) in [5.41, 5.74) is 1.67. The molecule has 88 valence electrons. The average molecular weight is 248 g/mol. The first kappa shape index (κ1) is 10.7. The van der Waals surface area contributed by atoms with Crippen LogP contribution in [0.15, 0.2) is 18.2 Å². The van der Waals surface area contributed by atoms with Crippen molar-refractivity contribution in [3.05, 3.63) is 29.6 Å². The standard InChI is InChI=1S/C12H12N2O2S/c15-12(16)8-2-1-3-9-10(8)14-11(13-9)7-4-5-17-6-7/h1-3,7H,4-6H2,(H,13,14)(H,15,16). The summed E-state index contributed by atoms with van der Waals surface area (Å²) in [6.45, 7) is 0. The Morgan fingerprint density at radius 1 is 1.53 bits per heavy atom. The first-order valence-electron chi connectivity index (χ1n) is 5.55. The molecule has 2 N–H and O–H groups in total. The second-order valence-corrected chi connectivity index (χ2v) is 5.34. The van der Waals surface area contributed by atoms with E-state index < -0.39 is 5.97 Å². The molecule has 5 heteroatoms. The number of nitrogens with zero attached hydrogens (tertiary/aromatic N) is 1. The van der Waals surface area contributed by atoms with Crippen LogP contribution in [0.3, 0.4) is 0 Å². The van der Waals surface area contributed by atoms with E-state index in [2.05, 4.69) is 9.97 Å². The van der Waals surface area contributed by atoms with Crippen LogP contribution in [0.1, 0.15) is 28.5 Å². The number of H-pyrrole nitrogens is 1. The Bertz CT molecular complexity index is 573. The van der Waals surface area contributed by atoms with Crippen molar-refractivity contribution in [3.8, 4) is 0 Å². The maximum atomic E-state index is 11.1. The summed E-state index contributed by atoms with van der Waals surface area (Å²) in [7, 11) is 0. The van der Waals surface area contributed by atoms with Crippen molar-refractivity contribution in [2.75, 3.05) is 11.5 Å². The second-order valence-electron chi connectivity index (χ2n) is 4.19. The molecule has 3 rings (SSSR count). The lowest BCUT2D eigenvalue weighted by molar-refractivity contribution is 0.0699. The fourth-order valence-corrected chi connectivity index (χ4v) is 3.39. The van der Waals surface area contributed by atoms with Gasteiger partial charge in [0.15, 0.2) is 0 Å². The van der Waals surface area contributed by atoms with Crippen LogP contribution < -0.4 is 0 Å². The Labute approximate surface area is 102 Å². The molecule has 0 saturated carbocycles. The number of aromatic nitrogens is 2. The third-order valence-corrected chi connectivity index (χ3v) is 4.24. The first-order valence-corrected chi connectivity index (χ1v) is 6.71. The normalized spacial score (nSPS) is 19.9. The molecule has 1 aromatic heterocycles. The van der Waals surface area contributed by atoms with Crippen LogP contribution in [0, 0.1) is 0 Å². The van der Waals surface area contributed by atoms with E-state index >= 15 is 0 Å². The van der Waals surface area contributed by atoms with Crippen molar-refractivity contribution >= 4 is 28.8 Å². The van der Waals surface area contributed by atoms with Crippen LogP contribution in [0.25, 0.3) is 11.0 Å². The third kappa shape index (κ3) is 1.80. The van der Waals surface area contributed by atoms with Crippen molar-refractivity contribution in [2.24, 2.45) is 0 Å². The Morgan fingerprint density at radius 3 is 3.12 bits per heavy atom. The van der Waals surface area contributed by atoms with E-state index in [0.717, 1.165) is 29.3 Å². The highest BCUT2D eigenvalue weighted by atomic mass is 32.2. The first-order chi connectivity index (χ1) is 8.25. The van der Waals surface area contributed by atoms with Gasteiger partial charge in [-0.05, 0) is 24.3 Å². The third-order valence-electron chi connectivity index (χ3n) is 3.08. The van der Waals surface area contributed by atoms with Crippen molar-refractivity contribution < 1.29 is 9.90 Å². The van der Waals surface area contributed by atoms with Gasteiger partial charge in [-0.2, -0.15) is 11.8 Å². The van der Waals surface area contributed by atoms with Gasteiger partial charge >= 0.3 is 5.97 Å². The topological polar surface area (TPSA) is 66.0 Å². The number of para-hydroxylation sites is 1. The van der Waals surface area contributed by atoms with Crippen LogP contribution in [0.5, 0.6) is 0 Å². The Kier molecular flexibility index (Phi) is 2.55. The van der Waals surface area contributed by atoms with Gasteiger partial charge in [0.05, 0.1) is 11.1 Å². The van der Waals surface area contributed by atoms with Crippen molar-refractivity contribution in [3.63, 3.8) is 0 Å². The molecule has 1 atom stereocenters. The minimum absolute atomic E-state index is 0.274. The average Bonchev–Trinajstić information content (AvgIpc) is 2.96. The number of carbonyl (C=O) groups is 1. The van der Waals surface area contributed by atoms with Gasteiger partial charge in [0.25, 0.3) is 0 Å². The lowest BCUT2D eigenvalue weighted by atomic mass is 10.1. The van der Waals surface area contributed by atoms with E-state index in [1.54, 1.807) is 12.1 Å². The molecule has 1 unspecified atom stereocenters. The number of aromatic carboxylic acids is 1. The molecule has 0 aliphatic carbocycles. The highest BCUT2D eigenvalue weighted by Crippen LogP contribution is 2.32. The predicted molar refractivity (Wildman–Crippen MR) is 67.7 cm³/mol. The molecule has 4 nitrogen and oxygen atoms in total. The number of aromatic amines is 1. The molecule has 0 amide bonds. The SMILES string of the molecule is O=C(O)c1cccc2[nH]c(C3CCSC3)nc12. The van der Waals surface area contributed by atoms with Crippen molar-refractivity contribution in [1.29, 1.82) is 0 Å². The predicted octanol–water partition coefficient (Wildman–Crippen LogP) is 2.48. The van der Waals surface area contributed by atoms with E-state index in [1.807, 2.05) is 17.8 Å². The van der Waals surface area contributed by atoms with Crippen LogP contribution >= 0.6 is 11.8 Å². The van der Waals surface area contributed by atoms with Gasteiger partial charge < -0.3 is 10.1 Å². The van der Waals surface area contributed by atoms with Gasteiger partial charge in [0.2, 0.25) is 0 Å². The highest BCUT2D eigenvalue weighted by Gasteiger charge is 2.22. The maximum absolute atomic E-state index is 11.1. The Morgan fingerprint density at radius 2 is 2.41 bits per heavy atom. The highest BCUT2D eigenvalue weighted by molar-refractivity contribution is 7.99. The van der Waals surface area contributed by atoms with Gasteiger partial charge in [-0.15, -0.1) is 0 Å². The molecule has 0 spiro atoms. The molecule has 0 bridgehead atoms. The summed E-state index contributed by atoms with van der Waals surface area (Å²) < 4.78 is 0. The number of hydrogen-bond donors (Lipinski definition) is 2. The lowest BCUT2D eigenvalue weighted by Gasteiger charge is -2.01. The summed E-state index contributed by atoms with van der Waals surface area (Å²) in [5, 5.41) is 9.10. The summed E-state index contributed by atoms with van der Waals surface area (Å²) in [5.74, 6) is 2.68. The number of rotatable bonds is 2. The second kappa shape index (κ2) is 4.07. The zero-order valence-electron chi connectivity index (χ0n) is 9.14. The zero-order valence-corrected chi connectivity index (χ0v) is 9.96. The minimum atomic E-state index is -0.922. The van der Waals surface area contributed by atoms with E-state index in [-0.39, 0.29) is 5.56 Å². The van der Waals surface area contributed by atoms with E-state index in [0.29, 0.717) is 11.4 Å². The van der Waals surface area contributed by atoms with Gasteiger partial charge in [-0.3, -0.25) is 0 Å². The molecule has 1 aliphatic heterocycles. The van der Waals surface area contributed by atoms with Crippen LogP contribution in [-0.2, 0) is 0 Å². The zero-order chi connectivity index (χ0) is 11.8. The van der Waals surface area contributed by atoms with Crippen molar-refractivity contribution in [2.45, 2.75) is 12.3 Å². The number of thioether (sulfide) groups is 1. The lowest BCUT2D eigenvalue weighted by Crippen LogP contribution is -1.99. The van der Waals surface area contributed by atoms with Gasteiger partial charge in [0, 0.05) is 11.7 Å². The summed E-state index contributed by atoms with van der Waals surface area (Å²) in [6, 6.07) is 5.22. The van der Waals surface area contributed by atoms with Gasteiger partial charge in [-0.1, -0.05) is 6.07 Å². The molecule has 1 saturated heterocycles. The van der Waals surface area contributed by atoms with Crippen molar-refractivity contribution in [1.82, 2.24) is 9.97 Å². The number of carboxylic acid groups (broad SMARTS) is 1. The molecule has 0 radical (unpaired) electrons. The number of hydrogen-bond acceptors (Lipinski definition) is 3. The number of fused-ring (bicyclic) bond motifs is 1. The number of imidazole rings is 1. The monoisotopic (exact) mass is 248 g/mol. The summed E-state index contributed by atoms with van der Waals surface area (Å²) in [6.07, 6.45) is 1.12. The summed E-state index contributed by atoms with van der Waals surface area (Å²) in [4.78, 5) is 18.8.